The van der Waals surface area contributed by atoms with Crippen molar-refractivity contribution < 1.29 is 4.74 Å². The zero-order chi connectivity index (χ0) is 14.9. The van der Waals surface area contributed by atoms with E-state index in [0.29, 0.717) is 17.3 Å². The summed E-state index contributed by atoms with van der Waals surface area (Å²) in [6.45, 7) is 1.31. The van der Waals surface area contributed by atoms with Crippen LogP contribution in [-0.2, 0) is 11.3 Å². The molecular formula is C15H18N4OS. The first-order valence-electron chi connectivity index (χ1n) is 6.86. The SMILES string of the molecule is N#Cc1ccc(COCCCCC2=NN=C(N)SC2)cc1. The lowest BCUT2D eigenvalue weighted by atomic mass is 10.1. The third-order valence-corrected chi connectivity index (χ3v) is 3.89. The van der Waals surface area contributed by atoms with Crippen molar-refractivity contribution in [2.24, 2.45) is 15.9 Å². The van der Waals surface area contributed by atoms with Gasteiger partial charge in [0.1, 0.15) is 0 Å². The van der Waals surface area contributed by atoms with Gasteiger partial charge in [-0.2, -0.15) is 10.4 Å². The van der Waals surface area contributed by atoms with Crippen molar-refractivity contribution in [3.05, 3.63) is 35.4 Å². The summed E-state index contributed by atoms with van der Waals surface area (Å²) in [5.74, 6) is 0.849. The normalized spacial score (nSPS) is 14.2. The van der Waals surface area contributed by atoms with Crippen LogP contribution in [0.2, 0.25) is 0 Å². The van der Waals surface area contributed by atoms with E-state index in [0.717, 1.165) is 42.9 Å². The topological polar surface area (TPSA) is 83.8 Å². The predicted molar refractivity (Wildman–Crippen MR) is 86.2 cm³/mol. The van der Waals surface area contributed by atoms with E-state index in [-0.39, 0.29) is 0 Å². The minimum atomic E-state index is 0.546. The molecule has 0 spiro atoms. The van der Waals surface area contributed by atoms with Gasteiger partial charge in [-0.1, -0.05) is 23.9 Å². The number of hydrogen-bond acceptors (Lipinski definition) is 6. The number of thioether (sulfide) groups is 1. The Morgan fingerprint density at radius 2 is 2.05 bits per heavy atom. The highest BCUT2D eigenvalue weighted by molar-refractivity contribution is 8.14. The van der Waals surface area contributed by atoms with Crippen LogP contribution in [0.1, 0.15) is 30.4 Å². The number of nitrogens with two attached hydrogens (primary N) is 1. The van der Waals surface area contributed by atoms with Gasteiger partial charge in [-0.25, -0.2) is 0 Å². The molecule has 0 radical (unpaired) electrons. The molecule has 0 amide bonds. The smallest absolute Gasteiger partial charge is 0.180 e. The number of ether oxygens (including phenoxy) is 1. The van der Waals surface area contributed by atoms with E-state index >= 15 is 0 Å². The molecule has 0 aromatic heterocycles. The number of nitrogens with zero attached hydrogens (tertiary/aromatic N) is 3. The van der Waals surface area contributed by atoms with Gasteiger partial charge in [0.15, 0.2) is 5.17 Å². The molecule has 0 atom stereocenters. The Hall–Kier alpha value is -1.84. The lowest BCUT2D eigenvalue weighted by Crippen LogP contribution is -2.15. The van der Waals surface area contributed by atoms with Crippen LogP contribution in [0.4, 0.5) is 0 Å². The lowest BCUT2D eigenvalue weighted by Gasteiger charge is -2.09. The molecule has 1 heterocycles. The molecule has 0 unspecified atom stereocenters. The Balaban J connectivity index is 1.57. The summed E-state index contributed by atoms with van der Waals surface area (Å²) < 4.78 is 5.62. The maximum absolute atomic E-state index is 8.72. The zero-order valence-electron chi connectivity index (χ0n) is 11.8. The van der Waals surface area contributed by atoms with E-state index in [1.807, 2.05) is 24.3 Å². The quantitative estimate of drug-likeness (QED) is 0.785. The van der Waals surface area contributed by atoms with Crippen molar-refractivity contribution in [1.29, 1.82) is 5.26 Å². The second kappa shape index (κ2) is 8.45. The minimum Gasteiger partial charge on any atom is -0.377 e. The number of unbranched alkanes of at least 4 members (excludes halogenated alkanes) is 1. The fourth-order valence-corrected chi connectivity index (χ4v) is 2.47. The predicted octanol–water partition coefficient (Wildman–Crippen LogP) is 2.66. The summed E-state index contributed by atoms with van der Waals surface area (Å²) in [6, 6.07) is 9.57. The highest BCUT2D eigenvalue weighted by Crippen LogP contribution is 2.12. The molecule has 1 aromatic rings. The number of rotatable bonds is 7. The minimum absolute atomic E-state index is 0.546. The van der Waals surface area contributed by atoms with Crippen LogP contribution < -0.4 is 5.73 Å². The number of benzene rings is 1. The molecule has 1 aliphatic heterocycles. The Morgan fingerprint density at radius 1 is 1.24 bits per heavy atom. The molecule has 2 rings (SSSR count). The average Bonchev–Trinajstić information content (AvgIpc) is 2.53. The van der Waals surface area contributed by atoms with Gasteiger partial charge in [-0.05, 0) is 37.0 Å². The second-order valence-corrected chi connectivity index (χ2v) is 5.71. The second-order valence-electron chi connectivity index (χ2n) is 4.71. The Bertz CT molecular complexity index is 560. The van der Waals surface area contributed by atoms with Gasteiger partial charge in [-0.15, -0.1) is 5.10 Å². The summed E-state index contributed by atoms with van der Waals surface area (Å²) in [4.78, 5) is 0. The van der Waals surface area contributed by atoms with Gasteiger partial charge >= 0.3 is 0 Å². The maximum atomic E-state index is 8.72. The van der Waals surface area contributed by atoms with E-state index in [1.165, 1.54) is 11.8 Å². The Kier molecular flexibility index (Phi) is 6.25. The number of hydrogen-bond donors (Lipinski definition) is 1. The summed E-state index contributed by atoms with van der Waals surface area (Å²) in [5, 5.41) is 17.2. The van der Waals surface area contributed by atoms with Crippen molar-refractivity contribution in [3.63, 3.8) is 0 Å². The number of nitriles is 1. The molecule has 0 fully saturated rings. The fourth-order valence-electron chi connectivity index (χ4n) is 1.86. The van der Waals surface area contributed by atoms with Crippen LogP contribution in [0.5, 0.6) is 0 Å². The van der Waals surface area contributed by atoms with Crippen molar-refractivity contribution in [2.45, 2.75) is 25.9 Å². The van der Waals surface area contributed by atoms with Gasteiger partial charge < -0.3 is 10.5 Å². The van der Waals surface area contributed by atoms with E-state index in [2.05, 4.69) is 16.3 Å². The van der Waals surface area contributed by atoms with Gasteiger partial charge in [0.2, 0.25) is 0 Å². The van der Waals surface area contributed by atoms with E-state index in [4.69, 9.17) is 15.7 Å². The molecule has 1 aliphatic rings. The van der Waals surface area contributed by atoms with E-state index < -0.39 is 0 Å². The summed E-state index contributed by atoms with van der Waals surface area (Å²) in [7, 11) is 0. The third-order valence-electron chi connectivity index (χ3n) is 3.03. The van der Waals surface area contributed by atoms with Crippen molar-refractivity contribution in [1.82, 2.24) is 0 Å². The van der Waals surface area contributed by atoms with Gasteiger partial charge in [-0.3, -0.25) is 0 Å². The van der Waals surface area contributed by atoms with Crippen molar-refractivity contribution in [3.8, 4) is 6.07 Å². The van der Waals surface area contributed by atoms with Crippen LogP contribution in [0.15, 0.2) is 34.5 Å². The molecule has 0 bridgehead atoms. The van der Waals surface area contributed by atoms with Crippen LogP contribution in [0.25, 0.3) is 0 Å². The summed E-state index contributed by atoms with van der Waals surface area (Å²) in [5.41, 5.74) is 8.40. The van der Waals surface area contributed by atoms with Crippen molar-refractivity contribution in [2.75, 3.05) is 12.4 Å². The molecule has 0 aliphatic carbocycles. The molecular weight excluding hydrogens is 284 g/mol. The van der Waals surface area contributed by atoms with E-state index in [9.17, 15) is 0 Å². The molecule has 5 nitrogen and oxygen atoms in total. The van der Waals surface area contributed by atoms with Crippen LogP contribution in [0, 0.1) is 11.3 Å². The van der Waals surface area contributed by atoms with Crippen molar-refractivity contribution >= 4 is 22.6 Å². The van der Waals surface area contributed by atoms with Crippen LogP contribution in [-0.4, -0.2) is 23.2 Å². The Labute approximate surface area is 128 Å². The van der Waals surface area contributed by atoms with E-state index in [1.54, 1.807) is 0 Å². The molecule has 6 heteroatoms. The standard InChI is InChI=1S/C15H18N4OS/c16-9-12-4-6-13(7-5-12)10-20-8-2-1-3-14-11-21-15(17)19-18-14/h4-7H,1-3,8,10-11H2,(H2,17,19). The molecule has 21 heavy (non-hydrogen) atoms. The van der Waals surface area contributed by atoms with Gasteiger partial charge in [0, 0.05) is 12.4 Å². The van der Waals surface area contributed by atoms with Crippen LogP contribution >= 0.6 is 11.8 Å². The third kappa shape index (κ3) is 5.58. The lowest BCUT2D eigenvalue weighted by molar-refractivity contribution is 0.117. The molecule has 0 saturated heterocycles. The fraction of sp³-hybridized carbons (Fsp3) is 0.400. The molecule has 2 N–H and O–H groups in total. The van der Waals surface area contributed by atoms with Gasteiger partial charge in [0.25, 0.3) is 0 Å². The highest BCUT2D eigenvalue weighted by atomic mass is 32.2. The highest BCUT2D eigenvalue weighted by Gasteiger charge is 2.07. The first-order chi connectivity index (χ1) is 10.3. The molecule has 110 valence electrons. The molecule has 0 saturated carbocycles. The zero-order valence-corrected chi connectivity index (χ0v) is 12.6. The first-order valence-corrected chi connectivity index (χ1v) is 7.85. The van der Waals surface area contributed by atoms with Crippen LogP contribution in [0.3, 0.4) is 0 Å². The Morgan fingerprint density at radius 3 is 2.71 bits per heavy atom. The largest absolute Gasteiger partial charge is 0.377 e. The monoisotopic (exact) mass is 302 g/mol. The van der Waals surface area contributed by atoms with Gasteiger partial charge in [0.05, 0.1) is 24.0 Å². The summed E-state index contributed by atoms with van der Waals surface area (Å²) in [6.07, 6.45) is 2.99. The number of amidine groups is 1. The average molecular weight is 302 g/mol. The summed E-state index contributed by atoms with van der Waals surface area (Å²) >= 11 is 1.54. The molecule has 1 aromatic carbocycles. The maximum Gasteiger partial charge on any atom is 0.180 e. The first kappa shape index (κ1) is 15.5.